The number of carbonyl (C=O) groups is 3. The van der Waals surface area contributed by atoms with Crippen LogP contribution in [0.2, 0.25) is 0 Å². The van der Waals surface area contributed by atoms with Crippen LogP contribution in [0.1, 0.15) is 71.6 Å². The summed E-state index contributed by atoms with van der Waals surface area (Å²) in [6, 6.07) is 0. The van der Waals surface area contributed by atoms with Crippen LogP contribution >= 0.6 is 0 Å². The summed E-state index contributed by atoms with van der Waals surface area (Å²) in [6.07, 6.45) is 9.27. The topological polar surface area (TPSA) is 60.4 Å². The van der Waals surface area contributed by atoms with E-state index in [4.69, 9.17) is 4.74 Å². The maximum absolute atomic E-state index is 12.5. The zero-order valence-corrected chi connectivity index (χ0v) is 16.0. The second-order valence-electron chi connectivity index (χ2n) is 9.14. The first-order valence-electron chi connectivity index (χ1n) is 10.3. The van der Waals surface area contributed by atoms with Crippen LogP contribution in [0.25, 0.3) is 0 Å². The SMILES string of the molecule is CCC(=O)OC[C@]12CCC(=O)C=C1CC[C@@H]1[C@@H]2CC[C@]2(C)C(=O)CC[C@@H]12. The van der Waals surface area contributed by atoms with Gasteiger partial charge in [-0.15, -0.1) is 0 Å². The van der Waals surface area contributed by atoms with Crippen molar-refractivity contribution in [2.75, 3.05) is 6.61 Å². The van der Waals surface area contributed by atoms with Gasteiger partial charge in [-0.1, -0.05) is 19.4 Å². The fraction of sp³-hybridized carbons (Fsp3) is 0.773. The number of rotatable bonds is 3. The Balaban J connectivity index is 1.68. The van der Waals surface area contributed by atoms with Crippen LogP contribution in [0.3, 0.4) is 0 Å². The summed E-state index contributed by atoms with van der Waals surface area (Å²) in [6.45, 7) is 4.42. The lowest BCUT2D eigenvalue weighted by Crippen LogP contribution is -2.53. The van der Waals surface area contributed by atoms with Crippen LogP contribution in [-0.4, -0.2) is 24.1 Å². The van der Waals surface area contributed by atoms with Gasteiger partial charge in [0, 0.05) is 30.1 Å². The number of esters is 1. The van der Waals surface area contributed by atoms with Gasteiger partial charge < -0.3 is 4.74 Å². The molecule has 0 N–H and O–H groups in total. The van der Waals surface area contributed by atoms with Gasteiger partial charge in [-0.3, -0.25) is 14.4 Å². The summed E-state index contributed by atoms with van der Waals surface area (Å²) in [5.41, 5.74) is 0.898. The Hall–Kier alpha value is -1.45. The Morgan fingerprint density at radius 1 is 1.12 bits per heavy atom. The lowest BCUT2D eigenvalue weighted by atomic mass is 9.47. The molecule has 3 fully saturated rings. The highest BCUT2D eigenvalue weighted by atomic mass is 16.5. The second kappa shape index (κ2) is 6.31. The van der Waals surface area contributed by atoms with Gasteiger partial charge in [-0.2, -0.15) is 0 Å². The molecule has 0 aromatic carbocycles. The molecule has 4 nitrogen and oxygen atoms in total. The second-order valence-corrected chi connectivity index (χ2v) is 9.14. The van der Waals surface area contributed by atoms with Gasteiger partial charge >= 0.3 is 5.97 Å². The van der Waals surface area contributed by atoms with Crippen molar-refractivity contribution < 1.29 is 19.1 Å². The van der Waals surface area contributed by atoms with Crippen LogP contribution in [0, 0.1) is 28.6 Å². The van der Waals surface area contributed by atoms with Crippen molar-refractivity contribution in [1.82, 2.24) is 0 Å². The molecule has 3 saturated carbocycles. The number of ketones is 2. The highest BCUT2D eigenvalue weighted by Crippen LogP contribution is 2.64. The van der Waals surface area contributed by atoms with E-state index in [1.165, 1.54) is 5.57 Å². The van der Waals surface area contributed by atoms with E-state index in [2.05, 4.69) is 6.92 Å². The third-order valence-electron chi connectivity index (χ3n) is 8.17. The van der Waals surface area contributed by atoms with Crippen molar-refractivity contribution in [3.8, 4) is 0 Å². The molecule has 0 radical (unpaired) electrons. The van der Waals surface area contributed by atoms with Crippen molar-refractivity contribution in [2.45, 2.75) is 71.6 Å². The monoisotopic (exact) mass is 358 g/mol. The third-order valence-corrected chi connectivity index (χ3v) is 8.17. The Kier molecular flexibility index (Phi) is 4.36. The zero-order valence-electron chi connectivity index (χ0n) is 16.0. The molecule has 0 aromatic heterocycles. The van der Waals surface area contributed by atoms with E-state index in [1.807, 2.05) is 13.0 Å². The number of hydrogen-bond donors (Lipinski definition) is 0. The average Bonchev–Trinajstić information content (AvgIpc) is 2.94. The molecule has 0 spiro atoms. The fourth-order valence-electron chi connectivity index (χ4n) is 6.71. The van der Waals surface area contributed by atoms with E-state index in [0.29, 0.717) is 43.0 Å². The Bertz CT molecular complexity index is 678. The highest BCUT2D eigenvalue weighted by molar-refractivity contribution is 5.92. The molecule has 5 atom stereocenters. The molecular weight excluding hydrogens is 328 g/mol. The zero-order chi connectivity index (χ0) is 18.5. The summed E-state index contributed by atoms with van der Waals surface area (Å²) < 4.78 is 5.67. The Morgan fingerprint density at radius 3 is 2.69 bits per heavy atom. The van der Waals surface area contributed by atoms with Crippen molar-refractivity contribution in [2.24, 2.45) is 28.6 Å². The molecule has 26 heavy (non-hydrogen) atoms. The number of fused-ring (bicyclic) bond motifs is 5. The standard InChI is InChI=1S/C22H30O4/c1-3-20(25)26-13-22-11-8-15(23)12-14(22)4-5-16-17-6-7-19(24)21(17,2)10-9-18(16)22/h12,16-18H,3-11,13H2,1-2H3/t16-,17-,18-,21-,22+/m0/s1. The van der Waals surface area contributed by atoms with Gasteiger partial charge in [0.15, 0.2) is 5.78 Å². The molecule has 0 aromatic rings. The molecule has 0 aliphatic heterocycles. The first kappa shape index (κ1) is 17.9. The van der Waals surface area contributed by atoms with Crippen LogP contribution < -0.4 is 0 Å². The molecule has 0 amide bonds. The van der Waals surface area contributed by atoms with Crippen LogP contribution in [0.5, 0.6) is 0 Å². The average molecular weight is 358 g/mol. The smallest absolute Gasteiger partial charge is 0.305 e. The van der Waals surface area contributed by atoms with E-state index >= 15 is 0 Å². The van der Waals surface area contributed by atoms with Gasteiger partial charge in [0.2, 0.25) is 0 Å². The molecule has 142 valence electrons. The lowest BCUT2D eigenvalue weighted by Gasteiger charge is -2.57. The van der Waals surface area contributed by atoms with Gasteiger partial charge in [0.25, 0.3) is 0 Å². The molecule has 4 heteroatoms. The normalized spacial score (nSPS) is 41.8. The molecule has 0 unspecified atom stereocenters. The van der Waals surface area contributed by atoms with Gasteiger partial charge in [0.1, 0.15) is 12.4 Å². The predicted octanol–water partition coefficient (Wildman–Crippen LogP) is 4.02. The largest absolute Gasteiger partial charge is 0.465 e. The van der Waals surface area contributed by atoms with Gasteiger partial charge in [0.05, 0.1) is 0 Å². The highest BCUT2D eigenvalue weighted by Gasteiger charge is 2.60. The van der Waals surface area contributed by atoms with E-state index < -0.39 is 0 Å². The minimum atomic E-state index is -0.172. The fourth-order valence-corrected chi connectivity index (χ4v) is 6.71. The quantitative estimate of drug-likeness (QED) is 0.715. The van der Waals surface area contributed by atoms with Crippen LogP contribution in [0.15, 0.2) is 11.6 Å². The minimum absolute atomic E-state index is 0.145. The molecular formula is C22H30O4. The first-order valence-corrected chi connectivity index (χ1v) is 10.3. The molecule has 4 rings (SSSR count). The summed E-state index contributed by atoms with van der Waals surface area (Å²) >= 11 is 0. The lowest BCUT2D eigenvalue weighted by molar-refractivity contribution is -0.152. The van der Waals surface area contributed by atoms with Crippen LogP contribution in [-0.2, 0) is 19.1 Å². The molecule has 0 heterocycles. The molecule has 4 aliphatic rings. The molecule has 0 saturated heterocycles. The minimum Gasteiger partial charge on any atom is -0.465 e. The third kappa shape index (κ3) is 2.51. The van der Waals surface area contributed by atoms with Crippen molar-refractivity contribution in [3.63, 3.8) is 0 Å². The van der Waals surface area contributed by atoms with Crippen molar-refractivity contribution in [1.29, 1.82) is 0 Å². The summed E-state index contributed by atoms with van der Waals surface area (Å²) in [5, 5.41) is 0. The van der Waals surface area contributed by atoms with E-state index in [-0.39, 0.29) is 22.6 Å². The maximum Gasteiger partial charge on any atom is 0.305 e. The van der Waals surface area contributed by atoms with Crippen LogP contribution in [0.4, 0.5) is 0 Å². The molecule has 0 bridgehead atoms. The van der Waals surface area contributed by atoms with Crippen molar-refractivity contribution in [3.05, 3.63) is 11.6 Å². The van der Waals surface area contributed by atoms with E-state index in [1.54, 1.807) is 0 Å². The number of ether oxygens (including phenoxy) is 1. The van der Waals surface area contributed by atoms with E-state index in [0.717, 1.165) is 44.9 Å². The number of Topliss-reactive ketones (excluding diaryl/α,β-unsaturated/α-hetero) is 1. The van der Waals surface area contributed by atoms with Gasteiger partial charge in [-0.25, -0.2) is 0 Å². The number of hydrogen-bond acceptors (Lipinski definition) is 4. The van der Waals surface area contributed by atoms with E-state index in [9.17, 15) is 14.4 Å². The molecule has 4 aliphatic carbocycles. The predicted molar refractivity (Wildman–Crippen MR) is 97.3 cm³/mol. The van der Waals surface area contributed by atoms with Crippen molar-refractivity contribution >= 4 is 17.5 Å². The maximum atomic E-state index is 12.5. The summed E-state index contributed by atoms with van der Waals surface area (Å²) in [5.74, 6) is 1.93. The van der Waals surface area contributed by atoms with Gasteiger partial charge in [-0.05, 0) is 62.4 Å². The first-order chi connectivity index (χ1) is 12.4. The Labute approximate surface area is 155 Å². The Morgan fingerprint density at radius 2 is 1.92 bits per heavy atom. The summed E-state index contributed by atoms with van der Waals surface area (Å²) in [7, 11) is 0. The number of carbonyl (C=O) groups excluding carboxylic acids is 3. The summed E-state index contributed by atoms with van der Waals surface area (Å²) in [4.78, 5) is 36.5.